The van der Waals surface area contributed by atoms with Crippen LogP contribution in [0.3, 0.4) is 0 Å². The third-order valence-corrected chi connectivity index (χ3v) is 4.26. The molecule has 0 radical (unpaired) electrons. The molecule has 0 bridgehead atoms. The molecule has 7 nitrogen and oxygen atoms in total. The van der Waals surface area contributed by atoms with E-state index in [0.29, 0.717) is 24.2 Å². The number of ether oxygens (including phenoxy) is 1. The molecule has 3 heterocycles. The number of carboxylic acids is 1. The highest BCUT2D eigenvalue weighted by Crippen LogP contribution is 2.26. The van der Waals surface area contributed by atoms with E-state index >= 15 is 0 Å². The number of rotatable bonds is 2. The van der Waals surface area contributed by atoms with Crippen LogP contribution in [0, 0.1) is 0 Å². The quantitative estimate of drug-likeness (QED) is 0.689. The van der Waals surface area contributed by atoms with Crippen molar-refractivity contribution in [2.24, 2.45) is 0 Å². The number of fused-ring (bicyclic) bond motifs is 2. The number of carboxylic acid groups (broad SMARTS) is 1. The van der Waals surface area contributed by atoms with Gasteiger partial charge in [-0.2, -0.15) is 4.98 Å². The maximum Gasteiger partial charge on any atom is 0.339 e. The molecule has 126 valence electrons. The molecule has 25 heavy (non-hydrogen) atoms. The number of hydrogen-bond donors (Lipinski definition) is 2. The lowest BCUT2D eigenvalue weighted by atomic mass is 9.99. The Labute approximate surface area is 141 Å². The molecule has 4 rings (SSSR count). The van der Waals surface area contributed by atoms with Gasteiger partial charge in [0.2, 0.25) is 11.1 Å². The summed E-state index contributed by atoms with van der Waals surface area (Å²) in [5.74, 6) is -1.43. The largest absolute Gasteiger partial charge is 0.478 e. The summed E-state index contributed by atoms with van der Waals surface area (Å²) in [6.45, 7) is 1.19. The van der Waals surface area contributed by atoms with Crippen molar-refractivity contribution in [1.82, 2.24) is 4.98 Å². The second-order valence-corrected chi connectivity index (χ2v) is 5.78. The summed E-state index contributed by atoms with van der Waals surface area (Å²) in [5.41, 5.74) is 7.51. The zero-order valence-electron chi connectivity index (χ0n) is 13.1. The fourth-order valence-corrected chi connectivity index (χ4v) is 2.96. The van der Waals surface area contributed by atoms with Crippen molar-refractivity contribution in [3.63, 3.8) is 0 Å². The van der Waals surface area contributed by atoms with Gasteiger partial charge in [0.15, 0.2) is 0 Å². The SMILES string of the molecule is Nc1nc2oc3ccc(C4=CCOCC4)cc3c(=O)c2cc1C(=O)O. The third kappa shape index (κ3) is 2.54. The smallest absolute Gasteiger partial charge is 0.339 e. The van der Waals surface area contributed by atoms with Gasteiger partial charge >= 0.3 is 5.97 Å². The molecule has 0 unspecified atom stereocenters. The Morgan fingerprint density at radius 2 is 2.08 bits per heavy atom. The van der Waals surface area contributed by atoms with Gasteiger partial charge in [-0.3, -0.25) is 4.79 Å². The third-order valence-electron chi connectivity index (χ3n) is 4.26. The zero-order valence-corrected chi connectivity index (χ0v) is 13.1. The molecular formula is C18H14N2O5. The average molecular weight is 338 g/mol. The minimum atomic E-state index is -1.24. The Morgan fingerprint density at radius 1 is 1.24 bits per heavy atom. The van der Waals surface area contributed by atoms with E-state index in [-0.39, 0.29) is 27.9 Å². The van der Waals surface area contributed by atoms with Crippen LogP contribution in [-0.4, -0.2) is 29.3 Å². The van der Waals surface area contributed by atoms with Crippen LogP contribution in [0.25, 0.3) is 27.6 Å². The Bertz CT molecular complexity index is 1110. The van der Waals surface area contributed by atoms with Crippen LogP contribution in [0.1, 0.15) is 22.3 Å². The first-order chi connectivity index (χ1) is 12.0. The number of nitrogens with two attached hydrogens (primary N) is 1. The number of aromatic nitrogens is 1. The molecule has 0 amide bonds. The van der Waals surface area contributed by atoms with Crippen molar-refractivity contribution < 1.29 is 19.1 Å². The van der Waals surface area contributed by atoms with Gasteiger partial charge in [-0.25, -0.2) is 4.79 Å². The normalized spacial score (nSPS) is 14.6. The predicted octanol–water partition coefficient (Wildman–Crippen LogP) is 2.43. The number of aromatic carboxylic acids is 1. The van der Waals surface area contributed by atoms with Gasteiger partial charge in [0.05, 0.1) is 24.0 Å². The van der Waals surface area contributed by atoms with Gasteiger partial charge in [0.25, 0.3) is 0 Å². The Kier molecular flexibility index (Phi) is 3.51. The second-order valence-electron chi connectivity index (χ2n) is 5.78. The molecule has 0 aliphatic carbocycles. The summed E-state index contributed by atoms with van der Waals surface area (Å²) in [7, 11) is 0. The van der Waals surface area contributed by atoms with Crippen LogP contribution in [0.2, 0.25) is 0 Å². The van der Waals surface area contributed by atoms with Crippen molar-refractivity contribution in [2.45, 2.75) is 6.42 Å². The molecule has 0 saturated carbocycles. The van der Waals surface area contributed by atoms with E-state index in [0.717, 1.165) is 17.6 Å². The second kappa shape index (κ2) is 5.71. The maximum absolute atomic E-state index is 12.8. The Balaban J connectivity index is 1.98. The molecule has 1 aromatic carbocycles. The summed E-state index contributed by atoms with van der Waals surface area (Å²) in [5, 5.41) is 9.64. The van der Waals surface area contributed by atoms with E-state index in [4.69, 9.17) is 14.9 Å². The molecule has 2 aromatic heterocycles. The van der Waals surface area contributed by atoms with Crippen molar-refractivity contribution in [2.75, 3.05) is 18.9 Å². The molecule has 3 N–H and O–H groups in total. The molecule has 0 spiro atoms. The highest BCUT2D eigenvalue weighted by molar-refractivity contribution is 5.98. The van der Waals surface area contributed by atoms with Crippen molar-refractivity contribution in [3.05, 3.63) is 51.7 Å². The van der Waals surface area contributed by atoms with Gasteiger partial charge in [0, 0.05) is 0 Å². The van der Waals surface area contributed by atoms with E-state index in [9.17, 15) is 14.7 Å². The van der Waals surface area contributed by atoms with Crippen LogP contribution in [0.5, 0.6) is 0 Å². The van der Waals surface area contributed by atoms with Crippen LogP contribution in [-0.2, 0) is 4.74 Å². The fourth-order valence-electron chi connectivity index (χ4n) is 2.96. The molecule has 1 aliphatic heterocycles. The lowest BCUT2D eigenvalue weighted by molar-refractivity contribution is 0.0698. The summed E-state index contributed by atoms with van der Waals surface area (Å²) < 4.78 is 11.0. The van der Waals surface area contributed by atoms with E-state index < -0.39 is 5.97 Å². The van der Waals surface area contributed by atoms with Gasteiger partial charge < -0.3 is 20.0 Å². The van der Waals surface area contributed by atoms with Crippen molar-refractivity contribution in [1.29, 1.82) is 0 Å². The summed E-state index contributed by atoms with van der Waals surface area (Å²) in [6, 6.07) is 6.56. The first-order valence-corrected chi connectivity index (χ1v) is 7.72. The molecule has 7 heteroatoms. The minimum absolute atomic E-state index is 0.0260. The fraction of sp³-hybridized carbons (Fsp3) is 0.167. The monoisotopic (exact) mass is 338 g/mol. The number of pyridine rings is 1. The maximum atomic E-state index is 12.8. The van der Waals surface area contributed by atoms with E-state index in [2.05, 4.69) is 4.98 Å². The van der Waals surface area contributed by atoms with E-state index in [1.54, 1.807) is 12.1 Å². The molecule has 0 saturated heterocycles. The first kappa shape index (κ1) is 15.3. The standard InChI is InChI=1S/C18H14N2O5/c19-16-13(18(22)23)8-12-15(21)11-7-10(9-3-5-24-6-4-9)1-2-14(11)25-17(12)20-16/h1-3,7-8H,4-6H2,(H2,19,20)(H,22,23). The molecule has 0 atom stereocenters. The lowest BCUT2D eigenvalue weighted by Crippen LogP contribution is -2.10. The van der Waals surface area contributed by atoms with Crippen LogP contribution < -0.4 is 11.2 Å². The molecule has 0 fully saturated rings. The lowest BCUT2D eigenvalue weighted by Gasteiger charge is -2.14. The van der Waals surface area contributed by atoms with Crippen LogP contribution in [0.15, 0.2) is 39.6 Å². The Hall–Kier alpha value is -3.19. The van der Waals surface area contributed by atoms with E-state index in [1.807, 2.05) is 12.1 Å². The van der Waals surface area contributed by atoms with Crippen molar-refractivity contribution >= 4 is 39.4 Å². The summed E-state index contributed by atoms with van der Waals surface area (Å²) in [4.78, 5) is 28.0. The number of anilines is 1. The van der Waals surface area contributed by atoms with Gasteiger partial charge in [-0.1, -0.05) is 12.1 Å². The summed E-state index contributed by atoms with van der Waals surface area (Å²) >= 11 is 0. The molecule has 1 aliphatic rings. The average Bonchev–Trinajstić information content (AvgIpc) is 2.62. The highest BCUT2D eigenvalue weighted by Gasteiger charge is 2.17. The first-order valence-electron chi connectivity index (χ1n) is 7.72. The number of hydrogen-bond acceptors (Lipinski definition) is 6. The summed E-state index contributed by atoms with van der Waals surface area (Å²) in [6.07, 6.45) is 2.75. The number of nitrogen functional groups attached to an aromatic ring is 1. The molecular weight excluding hydrogens is 324 g/mol. The van der Waals surface area contributed by atoms with Gasteiger partial charge in [0.1, 0.15) is 17.0 Å². The highest BCUT2D eigenvalue weighted by atomic mass is 16.5. The van der Waals surface area contributed by atoms with E-state index in [1.165, 1.54) is 6.07 Å². The van der Waals surface area contributed by atoms with Gasteiger partial charge in [-0.05, 0) is 35.8 Å². The number of benzene rings is 1. The Morgan fingerprint density at radius 3 is 2.80 bits per heavy atom. The topological polar surface area (TPSA) is 116 Å². The van der Waals surface area contributed by atoms with Crippen LogP contribution >= 0.6 is 0 Å². The number of carbonyl (C=O) groups is 1. The minimum Gasteiger partial charge on any atom is -0.478 e. The van der Waals surface area contributed by atoms with Gasteiger partial charge in [-0.15, -0.1) is 0 Å². The van der Waals surface area contributed by atoms with Crippen molar-refractivity contribution in [3.8, 4) is 0 Å². The molecule has 3 aromatic rings. The predicted molar refractivity (Wildman–Crippen MR) is 92.6 cm³/mol. The number of nitrogens with zero attached hydrogens (tertiary/aromatic N) is 1. The zero-order chi connectivity index (χ0) is 17.6. The van der Waals surface area contributed by atoms with Crippen LogP contribution in [0.4, 0.5) is 5.82 Å².